The van der Waals surface area contributed by atoms with Crippen LogP contribution >= 0.6 is 0 Å². The predicted molar refractivity (Wildman–Crippen MR) is 32.8 cm³/mol. The fourth-order valence-corrected chi connectivity index (χ4v) is 0.853. The molecule has 0 spiro atoms. The molecule has 7 heteroatoms. The number of aliphatic carboxylic acids is 3. The molecule has 14 heavy (non-hydrogen) atoms. The Morgan fingerprint density at radius 3 is 1.50 bits per heavy atom. The Bertz CT molecular complexity index is 264. The second-order valence-electron chi connectivity index (χ2n) is 2.66. The van der Waals surface area contributed by atoms with E-state index in [1.165, 1.54) is 0 Å². The summed E-state index contributed by atoms with van der Waals surface area (Å²) in [6.07, 6.45) is -2.81. The smallest absolute Gasteiger partial charge is 0.132 e. The van der Waals surface area contributed by atoms with Crippen molar-refractivity contribution in [1.82, 2.24) is 0 Å². The number of carboxylic acid groups (broad SMARTS) is 3. The maximum Gasteiger partial charge on any atom is 0.132 e. The van der Waals surface area contributed by atoms with Crippen LogP contribution in [0.2, 0.25) is 0 Å². The topological polar surface area (TPSA) is 137 Å². The predicted octanol–water partition coefficient (Wildman–Crippen LogP) is -4.80. The minimum atomic E-state index is -2.61. The number of carbonyl (C=O) groups is 4. The second kappa shape index (κ2) is 4.35. The van der Waals surface area contributed by atoms with Gasteiger partial charge in [-0.2, -0.15) is 0 Å². The first-order valence-electron chi connectivity index (χ1n) is 3.41. The molecule has 0 amide bonds. The summed E-state index contributed by atoms with van der Waals surface area (Å²) in [4.78, 5) is 40.9. The zero-order chi connectivity index (χ0) is 11.4. The summed E-state index contributed by atoms with van der Waals surface area (Å²) >= 11 is 0. The molecule has 0 aliphatic heterocycles. The van der Waals surface area contributed by atoms with Gasteiger partial charge in [0.05, 0.1) is 11.4 Å². The van der Waals surface area contributed by atoms with Crippen LogP contribution in [0.5, 0.6) is 0 Å². The first kappa shape index (κ1) is 12.1. The van der Waals surface area contributed by atoms with E-state index in [0.717, 1.165) is 0 Å². The Labute approximate surface area is 78.0 Å². The van der Waals surface area contributed by atoms with E-state index in [9.17, 15) is 34.5 Å². The maximum atomic E-state index is 10.4. The van der Waals surface area contributed by atoms with Crippen molar-refractivity contribution in [3.05, 3.63) is 0 Å². The lowest BCUT2D eigenvalue weighted by Gasteiger charge is -2.29. The first-order valence-corrected chi connectivity index (χ1v) is 3.41. The van der Waals surface area contributed by atoms with Gasteiger partial charge in [-0.15, -0.1) is 0 Å². The van der Waals surface area contributed by atoms with E-state index in [-0.39, 0.29) is 6.29 Å². The third-order valence-corrected chi connectivity index (χ3v) is 1.55. The highest BCUT2D eigenvalue weighted by atomic mass is 16.4. The van der Waals surface area contributed by atoms with Crippen LogP contribution in [0.3, 0.4) is 0 Å². The van der Waals surface area contributed by atoms with Crippen LogP contribution in [-0.2, 0) is 19.2 Å². The molecule has 0 heterocycles. The Hall–Kier alpha value is -1.92. The summed E-state index contributed by atoms with van der Waals surface area (Å²) in [5.41, 5.74) is -2.61. The Morgan fingerprint density at radius 1 is 1.00 bits per heavy atom. The summed E-state index contributed by atoms with van der Waals surface area (Å²) in [6.45, 7) is 0. The molecule has 0 fully saturated rings. The lowest BCUT2D eigenvalue weighted by Crippen LogP contribution is -2.50. The molecular formula is C7H5O7-3. The Morgan fingerprint density at radius 2 is 1.36 bits per heavy atom. The van der Waals surface area contributed by atoms with Gasteiger partial charge >= 0.3 is 0 Å². The van der Waals surface area contributed by atoms with Crippen molar-refractivity contribution in [2.45, 2.75) is 12.8 Å². The molecule has 78 valence electrons. The number of carboxylic acids is 3. The molecule has 0 aromatic heterocycles. The van der Waals surface area contributed by atoms with Gasteiger partial charge in [-0.25, -0.2) is 0 Å². The van der Waals surface area contributed by atoms with Crippen molar-refractivity contribution >= 4 is 24.2 Å². The van der Waals surface area contributed by atoms with Crippen LogP contribution in [0.4, 0.5) is 0 Å². The molecule has 0 aliphatic rings. The van der Waals surface area contributed by atoms with E-state index in [2.05, 4.69) is 0 Å². The molecule has 0 saturated carbocycles. The minimum Gasteiger partial charge on any atom is -0.550 e. The van der Waals surface area contributed by atoms with Crippen molar-refractivity contribution < 1.29 is 34.5 Å². The van der Waals surface area contributed by atoms with Gasteiger partial charge in [0, 0.05) is 24.8 Å². The third kappa shape index (κ3) is 2.85. The van der Waals surface area contributed by atoms with Crippen LogP contribution in [0.25, 0.3) is 0 Å². The number of hydrogen-bond acceptors (Lipinski definition) is 7. The maximum absolute atomic E-state index is 10.4. The molecule has 0 aromatic rings. The molecule has 0 bridgehead atoms. The van der Waals surface area contributed by atoms with Crippen LogP contribution in [0, 0.1) is 5.41 Å². The van der Waals surface area contributed by atoms with Crippen LogP contribution < -0.4 is 15.3 Å². The van der Waals surface area contributed by atoms with Crippen molar-refractivity contribution in [3.8, 4) is 0 Å². The zero-order valence-corrected chi connectivity index (χ0v) is 6.85. The molecule has 0 radical (unpaired) electrons. The molecule has 0 N–H and O–H groups in total. The van der Waals surface area contributed by atoms with Crippen molar-refractivity contribution in [2.24, 2.45) is 5.41 Å². The number of carbonyl (C=O) groups excluding carboxylic acids is 4. The third-order valence-electron chi connectivity index (χ3n) is 1.55. The first-order chi connectivity index (χ1) is 6.34. The normalized spacial score (nSPS) is 10.6. The van der Waals surface area contributed by atoms with Crippen molar-refractivity contribution in [3.63, 3.8) is 0 Å². The van der Waals surface area contributed by atoms with Gasteiger partial charge in [0.1, 0.15) is 6.29 Å². The fraction of sp³-hybridized carbons (Fsp3) is 0.429. The Kier molecular flexibility index (Phi) is 3.76. The average Bonchev–Trinajstić information content (AvgIpc) is 2.00. The Balaban J connectivity index is 4.97. The van der Waals surface area contributed by atoms with Crippen molar-refractivity contribution in [2.75, 3.05) is 0 Å². The van der Waals surface area contributed by atoms with Gasteiger partial charge in [-0.05, 0) is 0 Å². The number of rotatable bonds is 6. The largest absolute Gasteiger partial charge is 0.550 e. The number of aldehydes is 1. The van der Waals surface area contributed by atoms with Gasteiger partial charge < -0.3 is 34.5 Å². The lowest BCUT2D eigenvalue weighted by molar-refractivity contribution is -0.331. The van der Waals surface area contributed by atoms with Gasteiger partial charge in [0.25, 0.3) is 0 Å². The molecule has 0 saturated heterocycles. The number of hydrogen-bond donors (Lipinski definition) is 0. The molecule has 0 rings (SSSR count). The quantitative estimate of drug-likeness (QED) is 0.310. The SMILES string of the molecule is O=CC(CC(=O)[O-])(CC(=O)[O-])C(=O)[O-]. The monoisotopic (exact) mass is 201 g/mol. The van der Waals surface area contributed by atoms with Crippen LogP contribution in [0.15, 0.2) is 0 Å². The average molecular weight is 201 g/mol. The zero-order valence-electron chi connectivity index (χ0n) is 6.85. The highest BCUT2D eigenvalue weighted by Gasteiger charge is 2.32. The summed E-state index contributed by atoms with van der Waals surface area (Å²) in [6, 6.07) is 0. The molecule has 7 nitrogen and oxygen atoms in total. The highest BCUT2D eigenvalue weighted by Crippen LogP contribution is 2.22. The van der Waals surface area contributed by atoms with Crippen LogP contribution in [-0.4, -0.2) is 24.2 Å². The molecule has 0 aromatic carbocycles. The fourth-order valence-electron chi connectivity index (χ4n) is 0.853. The second-order valence-corrected chi connectivity index (χ2v) is 2.66. The van der Waals surface area contributed by atoms with E-state index in [4.69, 9.17) is 0 Å². The minimum absolute atomic E-state index is 0.298. The highest BCUT2D eigenvalue weighted by molar-refractivity contribution is 5.97. The van der Waals surface area contributed by atoms with Gasteiger partial charge in [0.2, 0.25) is 0 Å². The summed E-state index contributed by atoms with van der Waals surface area (Å²) in [7, 11) is 0. The van der Waals surface area contributed by atoms with Gasteiger partial charge in [0.15, 0.2) is 0 Å². The van der Waals surface area contributed by atoms with E-state index in [1.54, 1.807) is 0 Å². The van der Waals surface area contributed by atoms with Gasteiger partial charge in [-0.3, -0.25) is 0 Å². The van der Waals surface area contributed by atoms with Gasteiger partial charge in [-0.1, -0.05) is 0 Å². The van der Waals surface area contributed by atoms with E-state index < -0.39 is 36.2 Å². The summed E-state index contributed by atoms with van der Waals surface area (Å²) in [5, 5.41) is 30.6. The molecular weight excluding hydrogens is 196 g/mol. The molecule has 0 unspecified atom stereocenters. The molecule has 0 atom stereocenters. The summed E-state index contributed by atoms with van der Waals surface area (Å²) in [5.74, 6) is -5.80. The summed E-state index contributed by atoms with van der Waals surface area (Å²) < 4.78 is 0. The van der Waals surface area contributed by atoms with E-state index in [1.807, 2.05) is 0 Å². The lowest BCUT2D eigenvalue weighted by atomic mass is 9.83. The molecule has 0 aliphatic carbocycles. The van der Waals surface area contributed by atoms with E-state index in [0.29, 0.717) is 0 Å². The van der Waals surface area contributed by atoms with Crippen LogP contribution in [0.1, 0.15) is 12.8 Å². The van der Waals surface area contributed by atoms with Crippen molar-refractivity contribution in [1.29, 1.82) is 0 Å². The standard InChI is InChI=1S/C7H8O7/c8-3-7(6(13)14,1-4(9)10)2-5(11)12/h3H,1-2H2,(H,9,10)(H,11,12)(H,13,14)/p-3. The van der Waals surface area contributed by atoms with E-state index >= 15 is 0 Å².